The van der Waals surface area contributed by atoms with Crippen molar-refractivity contribution in [2.24, 2.45) is 0 Å². The summed E-state index contributed by atoms with van der Waals surface area (Å²) in [4.78, 5) is 25.1. The molecule has 0 spiro atoms. The first kappa shape index (κ1) is 18.0. The summed E-state index contributed by atoms with van der Waals surface area (Å²) in [5.41, 5.74) is -0.129. The highest BCUT2D eigenvalue weighted by Gasteiger charge is 2.18. The summed E-state index contributed by atoms with van der Waals surface area (Å²) in [7, 11) is 1.39. The summed E-state index contributed by atoms with van der Waals surface area (Å²) >= 11 is 3.24. The fraction of sp³-hybridized carbons (Fsp3) is 0.125. The van der Waals surface area contributed by atoms with Crippen molar-refractivity contribution < 1.29 is 22.8 Å². The van der Waals surface area contributed by atoms with Crippen molar-refractivity contribution in [1.82, 2.24) is 4.90 Å². The van der Waals surface area contributed by atoms with E-state index in [9.17, 15) is 22.8 Å². The Bertz CT molecular complexity index is 782. The summed E-state index contributed by atoms with van der Waals surface area (Å²) < 4.78 is 40.3. The van der Waals surface area contributed by atoms with E-state index >= 15 is 0 Å². The van der Waals surface area contributed by atoms with Crippen molar-refractivity contribution in [1.29, 1.82) is 0 Å². The van der Waals surface area contributed by atoms with Crippen LogP contribution in [-0.2, 0) is 4.79 Å². The van der Waals surface area contributed by atoms with Gasteiger partial charge in [-0.05, 0) is 36.4 Å². The molecule has 0 fully saturated rings. The monoisotopic (exact) mass is 400 g/mol. The molecule has 2 aromatic carbocycles. The maximum Gasteiger partial charge on any atom is 0.254 e. The SMILES string of the molecule is CN(CC(=O)Nc1ccc(F)c(F)c1F)C(=O)c1ccc(Br)cc1. The Morgan fingerprint density at radius 1 is 1.04 bits per heavy atom. The minimum absolute atomic E-state index is 0.368. The predicted octanol–water partition coefficient (Wildman–Crippen LogP) is 3.58. The molecule has 0 heterocycles. The third-order valence-corrected chi connectivity index (χ3v) is 3.66. The van der Waals surface area contributed by atoms with Gasteiger partial charge in [0.15, 0.2) is 17.5 Å². The van der Waals surface area contributed by atoms with Crippen molar-refractivity contribution in [3.8, 4) is 0 Å². The van der Waals surface area contributed by atoms with E-state index in [0.717, 1.165) is 15.4 Å². The second-order valence-electron chi connectivity index (χ2n) is 4.94. The normalized spacial score (nSPS) is 10.4. The highest BCUT2D eigenvalue weighted by atomic mass is 79.9. The number of carbonyl (C=O) groups is 2. The number of hydrogen-bond donors (Lipinski definition) is 1. The third kappa shape index (κ3) is 4.14. The molecule has 2 rings (SSSR count). The Labute approximate surface area is 144 Å². The minimum atomic E-state index is -1.67. The lowest BCUT2D eigenvalue weighted by molar-refractivity contribution is -0.116. The predicted molar refractivity (Wildman–Crippen MR) is 86.0 cm³/mol. The van der Waals surface area contributed by atoms with Crippen molar-refractivity contribution in [2.45, 2.75) is 0 Å². The molecule has 0 aromatic heterocycles. The molecule has 0 aliphatic carbocycles. The van der Waals surface area contributed by atoms with Crippen LogP contribution in [0.3, 0.4) is 0 Å². The average molecular weight is 401 g/mol. The Balaban J connectivity index is 2.03. The Morgan fingerprint density at radius 3 is 2.29 bits per heavy atom. The molecule has 0 aliphatic rings. The number of carbonyl (C=O) groups excluding carboxylic acids is 2. The lowest BCUT2D eigenvalue weighted by Crippen LogP contribution is -2.35. The van der Waals surface area contributed by atoms with E-state index in [-0.39, 0.29) is 6.54 Å². The van der Waals surface area contributed by atoms with Gasteiger partial charge in [0.1, 0.15) is 0 Å². The van der Waals surface area contributed by atoms with Gasteiger partial charge in [-0.2, -0.15) is 0 Å². The Kier molecular flexibility index (Phi) is 5.61. The van der Waals surface area contributed by atoms with Gasteiger partial charge < -0.3 is 10.2 Å². The van der Waals surface area contributed by atoms with Crippen LogP contribution in [0.5, 0.6) is 0 Å². The zero-order valence-corrected chi connectivity index (χ0v) is 14.0. The van der Waals surface area contributed by atoms with Gasteiger partial charge in [0, 0.05) is 17.1 Å². The van der Waals surface area contributed by atoms with Crippen LogP contribution in [0.25, 0.3) is 0 Å². The maximum absolute atomic E-state index is 13.5. The summed E-state index contributed by atoms with van der Waals surface area (Å²) in [6.45, 7) is -0.382. The standard InChI is InChI=1S/C16H12BrF3N2O2/c1-22(16(24)9-2-4-10(17)5-3-9)8-13(23)21-12-7-6-11(18)14(19)15(12)20/h2-7H,8H2,1H3,(H,21,23). The van der Waals surface area contributed by atoms with Gasteiger partial charge in [0.25, 0.3) is 5.91 Å². The van der Waals surface area contributed by atoms with Crippen LogP contribution in [0, 0.1) is 17.5 Å². The molecular formula is C16H12BrF3N2O2. The summed E-state index contributed by atoms with van der Waals surface area (Å²) in [6.07, 6.45) is 0. The molecule has 0 atom stereocenters. The Morgan fingerprint density at radius 2 is 1.67 bits per heavy atom. The number of rotatable bonds is 4. The first-order chi connectivity index (χ1) is 11.3. The number of amides is 2. The molecule has 0 aliphatic heterocycles. The zero-order chi connectivity index (χ0) is 17.9. The number of likely N-dealkylation sites (N-methyl/N-ethyl adjacent to an activating group) is 1. The lowest BCUT2D eigenvalue weighted by atomic mass is 10.2. The van der Waals surface area contributed by atoms with Crippen molar-refractivity contribution in [3.63, 3.8) is 0 Å². The number of hydrogen-bond acceptors (Lipinski definition) is 2. The second-order valence-corrected chi connectivity index (χ2v) is 5.85. The van der Waals surface area contributed by atoms with Crippen LogP contribution < -0.4 is 5.32 Å². The number of halogens is 4. The topological polar surface area (TPSA) is 49.4 Å². The molecule has 0 saturated carbocycles. The molecule has 0 radical (unpaired) electrons. The number of nitrogens with zero attached hydrogens (tertiary/aromatic N) is 1. The highest BCUT2D eigenvalue weighted by Crippen LogP contribution is 2.19. The third-order valence-electron chi connectivity index (χ3n) is 3.13. The molecule has 0 unspecified atom stereocenters. The molecule has 0 saturated heterocycles. The van der Waals surface area contributed by atoms with Crippen LogP contribution in [0.4, 0.5) is 18.9 Å². The largest absolute Gasteiger partial charge is 0.332 e. The molecular weight excluding hydrogens is 389 g/mol. The van der Waals surface area contributed by atoms with Gasteiger partial charge in [-0.3, -0.25) is 9.59 Å². The van der Waals surface area contributed by atoms with Gasteiger partial charge >= 0.3 is 0 Å². The number of benzene rings is 2. The van der Waals surface area contributed by atoms with Crippen molar-refractivity contribution in [3.05, 3.63) is 63.9 Å². The molecule has 126 valence electrons. The van der Waals surface area contributed by atoms with Gasteiger partial charge in [0.2, 0.25) is 5.91 Å². The minimum Gasteiger partial charge on any atom is -0.332 e. The van der Waals surface area contributed by atoms with E-state index < -0.39 is 35.0 Å². The van der Waals surface area contributed by atoms with E-state index in [1.54, 1.807) is 24.3 Å². The number of anilines is 1. The molecule has 2 aromatic rings. The summed E-state index contributed by atoms with van der Waals surface area (Å²) in [6, 6.07) is 8.12. The van der Waals surface area contributed by atoms with Gasteiger partial charge in [0.05, 0.1) is 12.2 Å². The average Bonchev–Trinajstić information content (AvgIpc) is 2.55. The fourth-order valence-electron chi connectivity index (χ4n) is 1.91. The van der Waals surface area contributed by atoms with Crippen LogP contribution in [0.2, 0.25) is 0 Å². The van der Waals surface area contributed by atoms with Crippen LogP contribution in [0.15, 0.2) is 40.9 Å². The first-order valence-corrected chi connectivity index (χ1v) is 7.53. The van der Waals surface area contributed by atoms with Crippen molar-refractivity contribution in [2.75, 3.05) is 18.9 Å². The van der Waals surface area contributed by atoms with Crippen LogP contribution in [0.1, 0.15) is 10.4 Å². The maximum atomic E-state index is 13.5. The van der Waals surface area contributed by atoms with E-state index in [1.165, 1.54) is 7.05 Å². The first-order valence-electron chi connectivity index (χ1n) is 6.74. The van der Waals surface area contributed by atoms with Gasteiger partial charge in [-0.15, -0.1) is 0 Å². The van der Waals surface area contributed by atoms with Crippen molar-refractivity contribution >= 4 is 33.4 Å². The van der Waals surface area contributed by atoms with Gasteiger partial charge in [-0.25, -0.2) is 13.2 Å². The van der Waals surface area contributed by atoms with E-state index in [2.05, 4.69) is 21.2 Å². The smallest absolute Gasteiger partial charge is 0.254 e. The fourth-order valence-corrected chi connectivity index (χ4v) is 2.18. The Hall–Kier alpha value is -2.35. The zero-order valence-electron chi connectivity index (χ0n) is 12.4. The van der Waals surface area contributed by atoms with E-state index in [1.807, 2.05) is 0 Å². The van der Waals surface area contributed by atoms with Crippen LogP contribution in [-0.4, -0.2) is 30.3 Å². The van der Waals surface area contributed by atoms with Gasteiger partial charge in [-0.1, -0.05) is 15.9 Å². The molecule has 4 nitrogen and oxygen atoms in total. The quantitative estimate of drug-likeness (QED) is 0.797. The molecule has 1 N–H and O–H groups in total. The molecule has 24 heavy (non-hydrogen) atoms. The molecule has 0 bridgehead atoms. The summed E-state index contributed by atoms with van der Waals surface area (Å²) in [5, 5.41) is 2.10. The van der Waals surface area contributed by atoms with E-state index in [0.29, 0.717) is 11.6 Å². The molecule has 2 amide bonds. The van der Waals surface area contributed by atoms with E-state index in [4.69, 9.17) is 0 Å². The second kappa shape index (κ2) is 7.48. The number of nitrogens with one attached hydrogen (secondary N) is 1. The lowest BCUT2D eigenvalue weighted by Gasteiger charge is -2.17. The summed E-state index contributed by atoms with van der Waals surface area (Å²) in [5.74, 6) is -5.68. The highest BCUT2D eigenvalue weighted by molar-refractivity contribution is 9.10. The molecule has 8 heteroatoms. The van der Waals surface area contributed by atoms with Crippen LogP contribution >= 0.6 is 15.9 Å².